The number of rotatable bonds is 8. The number of ether oxygens (including phenoxy) is 1. The van der Waals surface area contributed by atoms with Gasteiger partial charge in [0.05, 0.1) is 11.4 Å². The fourth-order valence-corrected chi connectivity index (χ4v) is 4.85. The Morgan fingerprint density at radius 3 is 2.83 bits per heavy atom. The summed E-state index contributed by atoms with van der Waals surface area (Å²) in [4.78, 5) is 12.0. The Bertz CT molecular complexity index is 655. The van der Waals surface area contributed by atoms with E-state index < -0.39 is 26.7 Å². The Balaban J connectivity index is 1.89. The fraction of sp³-hybridized carbons (Fsp3) is 0.611. The van der Waals surface area contributed by atoms with Crippen molar-refractivity contribution in [2.45, 2.75) is 50.9 Å². The molecule has 5 nitrogen and oxygen atoms in total. The molecule has 1 N–H and O–H groups in total. The van der Waals surface area contributed by atoms with E-state index in [1.807, 2.05) is 38.1 Å². The summed E-state index contributed by atoms with van der Waals surface area (Å²) in [5.74, 6) is -0.876. The van der Waals surface area contributed by atoms with Crippen LogP contribution in [0.2, 0.25) is 0 Å². The van der Waals surface area contributed by atoms with Crippen LogP contribution in [0.5, 0.6) is 0 Å². The number of amides is 1. The van der Waals surface area contributed by atoms with E-state index in [4.69, 9.17) is 4.74 Å². The minimum absolute atomic E-state index is 0.160. The Morgan fingerprint density at radius 2 is 2.08 bits per heavy atom. The highest BCUT2D eigenvalue weighted by atomic mass is 32.2. The van der Waals surface area contributed by atoms with Gasteiger partial charge in [0, 0.05) is 13.2 Å². The van der Waals surface area contributed by atoms with Gasteiger partial charge in [0.2, 0.25) is 5.91 Å². The SMILES string of the molecule is CC(C)OCCCNC(=O)CS(=O)(=O)C1CCCc2ccccc21. The van der Waals surface area contributed by atoms with E-state index in [2.05, 4.69) is 5.32 Å². The number of aryl methyl sites for hydroxylation is 1. The monoisotopic (exact) mass is 353 g/mol. The maximum atomic E-state index is 12.7. The molecular formula is C18H27NO4S. The summed E-state index contributed by atoms with van der Waals surface area (Å²) in [5, 5.41) is 2.12. The lowest BCUT2D eigenvalue weighted by molar-refractivity contribution is -0.118. The van der Waals surface area contributed by atoms with Gasteiger partial charge in [-0.15, -0.1) is 0 Å². The number of benzene rings is 1. The molecule has 134 valence electrons. The molecule has 1 aliphatic carbocycles. The molecule has 1 aliphatic rings. The van der Waals surface area contributed by atoms with E-state index in [-0.39, 0.29) is 6.10 Å². The van der Waals surface area contributed by atoms with Crippen molar-refractivity contribution < 1.29 is 17.9 Å². The maximum Gasteiger partial charge on any atom is 0.235 e. The van der Waals surface area contributed by atoms with Gasteiger partial charge in [-0.3, -0.25) is 4.79 Å². The number of nitrogens with one attached hydrogen (secondary N) is 1. The van der Waals surface area contributed by atoms with Gasteiger partial charge >= 0.3 is 0 Å². The molecule has 0 fully saturated rings. The second-order valence-corrected chi connectivity index (χ2v) is 8.69. The van der Waals surface area contributed by atoms with Gasteiger partial charge < -0.3 is 10.1 Å². The molecule has 0 aliphatic heterocycles. The van der Waals surface area contributed by atoms with Crippen LogP contribution in [0, 0.1) is 0 Å². The van der Waals surface area contributed by atoms with Crippen molar-refractivity contribution in [3.8, 4) is 0 Å². The van der Waals surface area contributed by atoms with Crippen LogP contribution < -0.4 is 5.32 Å². The molecule has 0 spiro atoms. The lowest BCUT2D eigenvalue weighted by Crippen LogP contribution is -2.34. The molecule has 24 heavy (non-hydrogen) atoms. The summed E-state index contributed by atoms with van der Waals surface area (Å²) in [6, 6.07) is 7.64. The Hall–Kier alpha value is -1.40. The van der Waals surface area contributed by atoms with Crippen LogP contribution >= 0.6 is 0 Å². The maximum absolute atomic E-state index is 12.7. The van der Waals surface area contributed by atoms with E-state index in [0.717, 1.165) is 24.0 Å². The predicted octanol–water partition coefficient (Wildman–Crippen LogP) is 2.41. The van der Waals surface area contributed by atoms with Gasteiger partial charge in [0.1, 0.15) is 5.75 Å². The fourth-order valence-electron chi connectivity index (χ4n) is 3.04. The molecule has 6 heteroatoms. The Morgan fingerprint density at radius 1 is 1.33 bits per heavy atom. The average molecular weight is 353 g/mol. The normalized spacial score (nSPS) is 17.5. The quantitative estimate of drug-likeness (QED) is 0.729. The van der Waals surface area contributed by atoms with E-state index in [0.29, 0.717) is 26.0 Å². The van der Waals surface area contributed by atoms with Crippen molar-refractivity contribution in [2.24, 2.45) is 0 Å². The van der Waals surface area contributed by atoms with Crippen LogP contribution in [0.1, 0.15) is 49.5 Å². The summed E-state index contributed by atoms with van der Waals surface area (Å²) >= 11 is 0. The zero-order chi connectivity index (χ0) is 17.6. The third-order valence-electron chi connectivity index (χ3n) is 4.17. The first-order chi connectivity index (χ1) is 11.4. The first-order valence-electron chi connectivity index (χ1n) is 8.58. The summed E-state index contributed by atoms with van der Waals surface area (Å²) in [7, 11) is -3.50. The topological polar surface area (TPSA) is 72.5 Å². The standard InChI is InChI=1S/C18H27NO4S/c1-14(2)23-12-6-11-19-18(20)13-24(21,22)17-10-5-8-15-7-3-4-9-16(15)17/h3-4,7,9,14,17H,5-6,8,10-13H2,1-2H3,(H,19,20). The van der Waals surface area contributed by atoms with Gasteiger partial charge in [-0.2, -0.15) is 0 Å². The number of sulfone groups is 1. The van der Waals surface area contributed by atoms with E-state index >= 15 is 0 Å². The van der Waals surface area contributed by atoms with Crippen LogP contribution in [-0.2, 0) is 25.8 Å². The highest BCUT2D eigenvalue weighted by Gasteiger charge is 2.32. The molecule has 0 aromatic heterocycles. The summed E-state index contributed by atoms with van der Waals surface area (Å²) in [6.07, 6.45) is 3.18. The Kier molecular flexibility index (Phi) is 6.80. The molecule has 1 unspecified atom stereocenters. The van der Waals surface area contributed by atoms with Crippen molar-refractivity contribution >= 4 is 15.7 Å². The lowest BCUT2D eigenvalue weighted by Gasteiger charge is -2.25. The van der Waals surface area contributed by atoms with Crippen LogP contribution in [0.25, 0.3) is 0 Å². The molecule has 0 heterocycles. The van der Waals surface area contributed by atoms with Gasteiger partial charge in [-0.05, 0) is 50.7 Å². The number of hydrogen-bond donors (Lipinski definition) is 1. The van der Waals surface area contributed by atoms with Crippen LogP contribution in [-0.4, -0.2) is 39.3 Å². The number of carbonyl (C=O) groups excluding carboxylic acids is 1. The molecule has 2 rings (SSSR count). The third-order valence-corrected chi connectivity index (χ3v) is 6.20. The van der Waals surface area contributed by atoms with Crippen molar-refractivity contribution in [3.05, 3.63) is 35.4 Å². The number of hydrogen-bond acceptors (Lipinski definition) is 4. The minimum atomic E-state index is -3.50. The smallest absolute Gasteiger partial charge is 0.235 e. The third kappa shape index (κ3) is 5.31. The summed E-state index contributed by atoms with van der Waals surface area (Å²) < 4.78 is 30.7. The molecule has 0 saturated heterocycles. The molecule has 1 atom stereocenters. The van der Waals surface area contributed by atoms with E-state index in [1.54, 1.807) is 0 Å². The van der Waals surface area contributed by atoms with E-state index in [9.17, 15) is 13.2 Å². The first kappa shape index (κ1) is 18.9. The van der Waals surface area contributed by atoms with Crippen molar-refractivity contribution in [1.82, 2.24) is 5.32 Å². The summed E-state index contributed by atoms with van der Waals surface area (Å²) in [6.45, 7) is 4.89. The zero-order valence-electron chi connectivity index (χ0n) is 14.5. The molecule has 0 bridgehead atoms. The molecular weight excluding hydrogens is 326 g/mol. The lowest BCUT2D eigenvalue weighted by atomic mass is 9.91. The molecule has 1 aromatic carbocycles. The van der Waals surface area contributed by atoms with Gasteiger partial charge in [0.25, 0.3) is 0 Å². The molecule has 0 radical (unpaired) electrons. The Labute approximate surface area is 144 Å². The highest BCUT2D eigenvalue weighted by Crippen LogP contribution is 2.35. The van der Waals surface area contributed by atoms with Crippen molar-refractivity contribution in [2.75, 3.05) is 18.9 Å². The predicted molar refractivity (Wildman–Crippen MR) is 94.6 cm³/mol. The van der Waals surface area contributed by atoms with Crippen LogP contribution in [0.4, 0.5) is 0 Å². The number of carbonyl (C=O) groups is 1. The second kappa shape index (κ2) is 8.62. The van der Waals surface area contributed by atoms with Crippen LogP contribution in [0.3, 0.4) is 0 Å². The molecule has 1 amide bonds. The second-order valence-electron chi connectivity index (χ2n) is 6.51. The van der Waals surface area contributed by atoms with Gasteiger partial charge in [0.15, 0.2) is 9.84 Å². The largest absolute Gasteiger partial charge is 0.379 e. The van der Waals surface area contributed by atoms with Crippen LogP contribution in [0.15, 0.2) is 24.3 Å². The molecule has 0 saturated carbocycles. The summed E-state index contributed by atoms with van der Waals surface area (Å²) in [5.41, 5.74) is 1.95. The first-order valence-corrected chi connectivity index (χ1v) is 10.3. The van der Waals surface area contributed by atoms with Crippen molar-refractivity contribution in [3.63, 3.8) is 0 Å². The van der Waals surface area contributed by atoms with Gasteiger partial charge in [-0.25, -0.2) is 8.42 Å². The van der Waals surface area contributed by atoms with E-state index in [1.165, 1.54) is 0 Å². The highest BCUT2D eigenvalue weighted by molar-refractivity contribution is 7.92. The zero-order valence-corrected chi connectivity index (χ0v) is 15.3. The van der Waals surface area contributed by atoms with Crippen molar-refractivity contribution in [1.29, 1.82) is 0 Å². The molecule has 1 aromatic rings. The minimum Gasteiger partial charge on any atom is -0.379 e. The van der Waals surface area contributed by atoms with Gasteiger partial charge in [-0.1, -0.05) is 24.3 Å². The average Bonchev–Trinajstić information content (AvgIpc) is 2.53. The number of fused-ring (bicyclic) bond motifs is 1.